The molecule has 0 spiro atoms. The van der Waals surface area contributed by atoms with Gasteiger partial charge in [-0.1, -0.05) is 0 Å². The maximum absolute atomic E-state index is 8.53. The number of hydrogen-bond acceptors (Lipinski definition) is 5. The highest BCUT2D eigenvalue weighted by Crippen LogP contribution is 2.06. The third-order valence-electron chi connectivity index (χ3n) is 1.86. The van der Waals surface area contributed by atoms with E-state index in [9.17, 15) is 0 Å². The number of nitrogens with two attached hydrogens (primary N) is 1. The van der Waals surface area contributed by atoms with Crippen LogP contribution < -0.4 is 5.73 Å². The number of ether oxygens (including phenoxy) is 1. The zero-order valence-corrected chi connectivity index (χ0v) is 8.13. The summed E-state index contributed by atoms with van der Waals surface area (Å²) in [4.78, 5) is 4.22. The smallest absolute Gasteiger partial charge is 0.177 e. The predicted octanol–water partition coefficient (Wildman–Crippen LogP) is -0.180. The van der Waals surface area contributed by atoms with Crippen molar-refractivity contribution in [3.8, 4) is 0 Å². The summed E-state index contributed by atoms with van der Waals surface area (Å²) in [7, 11) is 0. The van der Waals surface area contributed by atoms with Crippen molar-refractivity contribution < 1.29 is 9.84 Å². The molecule has 2 rings (SSSR count). The summed E-state index contributed by atoms with van der Waals surface area (Å²) in [5.74, 6) is 0.578. The van der Waals surface area contributed by atoms with Crippen molar-refractivity contribution in [2.75, 3.05) is 18.9 Å². The minimum absolute atomic E-state index is 0.000317. The van der Waals surface area contributed by atoms with Crippen molar-refractivity contribution in [1.29, 1.82) is 0 Å². The molecule has 0 aliphatic rings. The van der Waals surface area contributed by atoms with Crippen molar-refractivity contribution in [3.05, 3.63) is 24.2 Å². The van der Waals surface area contributed by atoms with E-state index in [0.29, 0.717) is 18.1 Å². The summed E-state index contributed by atoms with van der Waals surface area (Å²) in [6, 6.07) is 3.56. The molecule has 0 amide bonds. The molecule has 2 heterocycles. The Balaban J connectivity index is 2.16. The number of aliphatic hydroxyl groups is 1. The van der Waals surface area contributed by atoms with Gasteiger partial charge in [-0.2, -0.15) is 0 Å². The van der Waals surface area contributed by atoms with Crippen LogP contribution >= 0.6 is 0 Å². The van der Waals surface area contributed by atoms with Gasteiger partial charge < -0.3 is 15.6 Å². The lowest BCUT2D eigenvalue weighted by Gasteiger charge is -1.95. The second-order valence-corrected chi connectivity index (χ2v) is 3.07. The highest BCUT2D eigenvalue weighted by Gasteiger charge is 2.03. The Morgan fingerprint density at radius 2 is 2.33 bits per heavy atom. The van der Waals surface area contributed by atoms with Crippen LogP contribution in [0.5, 0.6) is 0 Å². The molecule has 0 saturated heterocycles. The zero-order chi connectivity index (χ0) is 10.7. The molecule has 15 heavy (non-hydrogen) atoms. The second-order valence-electron chi connectivity index (χ2n) is 3.07. The van der Waals surface area contributed by atoms with E-state index >= 15 is 0 Å². The van der Waals surface area contributed by atoms with Crippen LogP contribution in [0.25, 0.3) is 5.65 Å². The fourth-order valence-corrected chi connectivity index (χ4v) is 1.23. The van der Waals surface area contributed by atoms with Crippen LogP contribution in [0.4, 0.5) is 5.69 Å². The maximum Gasteiger partial charge on any atom is 0.177 e. The number of nitrogen functional groups attached to an aromatic ring is 1. The van der Waals surface area contributed by atoms with Crippen molar-refractivity contribution in [1.82, 2.24) is 14.6 Å². The lowest BCUT2D eigenvalue weighted by molar-refractivity contribution is 0.0778. The molecule has 80 valence electrons. The monoisotopic (exact) mass is 208 g/mol. The van der Waals surface area contributed by atoms with Crippen LogP contribution in [0.2, 0.25) is 0 Å². The summed E-state index contributed by atoms with van der Waals surface area (Å²) in [6.07, 6.45) is 1.69. The van der Waals surface area contributed by atoms with E-state index in [1.807, 2.05) is 0 Å². The highest BCUT2D eigenvalue weighted by molar-refractivity contribution is 5.46. The third-order valence-corrected chi connectivity index (χ3v) is 1.86. The van der Waals surface area contributed by atoms with Crippen molar-refractivity contribution in [3.63, 3.8) is 0 Å². The first kappa shape index (κ1) is 9.88. The molecule has 0 radical (unpaired) electrons. The quantitative estimate of drug-likeness (QED) is 0.681. The molecule has 0 aromatic carbocycles. The van der Waals surface area contributed by atoms with Gasteiger partial charge in [0.25, 0.3) is 0 Å². The van der Waals surface area contributed by atoms with E-state index in [0.717, 1.165) is 5.65 Å². The van der Waals surface area contributed by atoms with E-state index in [4.69, 9.17) is 15.6 Å². The Kier molecular flexibility index (Phi) is 2.79. The van der Waals surface area contributed by atoms with E-state index in [-0.39, 0.29) is 13.2 Å². The highest BCUT2D eigenvalue weighted by atomic mass is 16.5. The fourth-order valence-electron chi connectivity index (χ4n) is 1.23. The van der Waals surface area contributed by atoms with Crippen molar-refractivity contribution in [2.24, 2.45) is 0 Å². The number of rotatable bonds is 4. The minimum Gasteiger partial charge on any atom is -0.397 e. The Morgan fingerprint density at radius 3 is 3.13 bits per heavy atom. The van der Waals surface area contributed by atoms with E-state index < -0.39 is 0 Å². The number of nitrogens with zero attached hydrogens (tertiary/aromatic N) is 3. The summed E-state index contributed by atoms with van der Waals surface area (Å²) in [5.41, 5.74) is 6.96. The van der Waals surface area contributed by atoms with Gasteiger partial charge in [-0.05, 0) is 12.1 Å². The molecule has 2 aromatic heterocycles. The van der Waals surface area contributed by atoms with Gasteiger partial charge in [-0.15, -0.1) is 5.10 Å². The van der Waals surface area contributed by atoms with E-state index in [1.54, 1.807) is 22.8 Å². The normalized spacial score (nSPS) is 11.0. The maximum atomic E-state index is 8.53. The summed E-state index contributed by atoms with van der Waals surface area (Å²) >= 11 is 0. The van der Waals surface area contributed by atoms with Gasteiger partial charge in [-0.3, -0.25) is 0 Å². The molecule has 0 aliphatic carbocycles. The van der Waals surface area contributed by atoms with Gasteiger partial charge in [0.05, 0.1) is 25.1 Å². The first-order valence-electron chi connectivity index (χ1n) is 4.59. The number of pyridine rings is 1. The van der Waals surface area contributed by atoms with Gasteiger partial charge in [0.2, 0.25) is 0 Å². The lowest BCUT2D eigenvalue weighted by Crippen LogP contribution is -2.00. The molecule has 0 aliphatic heterocycles. The Bertz CT molecular complexity index is 454. The van der Waals surface area contributed by atoms with E-state index in [1.165, 1.54) is 0 Å². The molecular weight excluding hydrogens is 196 g/mol. The third kappa shape index (κ3) is 2.23. The lowest BCUT2D eigenvalue weighted by atomic mass is 10.4. The van der Waals surface area contributed by atoms with Crippen molar-refractivity contribution in [2.45, 2.75) is 6.61 Å². The van der Waals surface area contributed by atoms with Crippen LogP contribution in [0.1, 0.15) is 5.82 Å². The molecule has 0 unspecified atom stereocenters. The first-order chi connectivity index (χ1) is 7.29. The molecule has 2 aromatic rings. The standard InChI is InChI=1S/C9H12N4O2/c10-7-1-2-9-11-8(6-15-4-3-14)12-13(9)5-7/h1-2,5,14H,3-4,6,10H2. The molecule has 0 saturated carbocycles. The first-order valence-corrected chi connectivity index (χ1v) is 4.59. The SMILES string of the molecule is Nc1ccc2nc(COCCO)nn2c1. The summed E-state index contributed by atoms with van der Waals surface area (Å²) in [6.45, 7) is 0.583. The molecular formula is C9H12N4O2. The average Bonchev–Trinajstić information content (AvgIpc) is 2.60. The van der Waals surface area contributed by atoms with Gasteiger partial charge in [0.15, 0.2) is 11.5 Å². The zero-order valence-electron chi connectivity index (χ0n) is 8.13. The van der Waals surface area contributed by atoms with Crippen LogP contribution in [-0.4, -0.2) is 32.9 Å². The molecule has 0 bridgehead atoms. The minimum atomic E-state index is 0.000317. The molecule has 0 atom stereocenters. The Labute approximate surface area is 86.3 Å². The summed E-state index contributed by atoms with van der Waals surface area (Å²) in [5, 5.41) is 12.7. The Hall–Kier alpha value is -1.66. The number of hydrogen-bond donors (Lipinski definition) is 2. The fraction of sp³-hybridized carbons (Fsp3) is 0.333. The number of anilines is 1. The number of aliphatic hydroxyl groups excluding tert-OH is 1. The van der Waals surface area contributed by atoms with Gasteiger partial charge >= 0.3 is 0 Å². The van der Waals surface area contributed by atoms with E-state index in [2.05, 4.69) is 10.1 Å². The number of fused-ring (bicyclic) bond motifs is 1. The van der Waals surface area contributed by atoms with Gasteiger partial charge in [-0.25, -0.2) is 9.50 Å². The molecule has 3 N–H and O–H groups in total. The van der Waals surface area contributed by atoms with Crippen LogP contribution in [0.15, 0.2) is 18.3 Å². The predicted molar refractivity (Wildman–Crippen MR) is 54.1 cm³/mol. The van der Waals surface area contributed by atoms with Gasteiger partial charge in [0.1, 0.15) is 6.61 Å². The second kappa shape index (κ2) is 4.24. The summed E-state index contributed by atoms with van der Waals surface area (Å²) < 4.78 is 6.71. The van der Waals surface area contributed by atoms with Crippen LogP contribution in [-0.2, 0) is 11.3 Å². The van der Waals surface area contributed by atoms with Crippen molar-refractivity contribution >= 4 is 11.3 Å². The average molecular weight is 208 g/mol. The van der Waals surface area contributed by atoms with Crippen LogP contribution in [0.3, 0.4) is 0 Å². The topological polar surface area (TPSA) is 85.7 Å². The van der Waals surface area contributed by atoms with Crippen LogP contribution in [0, 0.1) is 0 Å². The largest absolute Gasteiger partial charge is 0.397 e. The van der Waals surface area contributed by atoms with Gasteiger partial charge in [0, 0.05) is 0 Å². The molecule has 0 fully saturated rings. The number of aromatic nitrogens is 3. The Morgan fingerprint density at radius 1 is 1.47 bits per heavy atom. The molecule has 6 nitrogen and oxygen atoms in total. The molecule has 6 heteroatoms.